The molecule has 9 heteroatoms. The highest BCUT2D eigenvalue weighted by molar-refractivity contribution is 6.05. The fourth-order valence-corrected chi connectivity index (χ4v) is 4.89. The van der Waals surface area contributed by atoms with Crippen LogP contribution in [0.5, 0.6) is 0 Å². The van der Waals surface area contributed by atoms with Gasteiger partial charge in [-0.05, 0) is 83.4 Å². The number of rotatable bonds is 12. The molecule has 7 nitrogen and oxygen atoms in total. The third-order valence-corrected chi connectivity index (χ3v) is 7.15. The molecule has 0 saturated carbocycles. The third kappa shape index (κ3) is 8.67. The summed E-state index contributed by atoms with van der Waals surface area (Å²) in [5.74, 6) is -0.808. The Morgan fingerprint density at radius 1 is 0.733 bits per heavy atom. The van der Waals surface area contributed by atoms with Crippen molar-refractivity contribution in [2.45, 2.75) is 13.1 Å². The lowest BCUT2D eigenvalue weighted by Gasteiger charge is -2.25. The van der Waals surface area contributed by atoms with E-state index in [-0.39, 0.29) is 23.5 Å². The average molecular weight is 605 g/mol. The topological polar surface area (TPSA) is 109 Å². The first-order chi connectivity index (χ1) is 21.8. The minimum absolute atomic E-state index is 0.0357. The first-order valence-electron chi connectivity index (χ1n) is 14.5. The van der Waals surface area contributed by atoms with Crippen molar-refractivity contribution >= 4 is 28.9 Å². The summed E-state index contributed by atoms with van der Waals surface area (Å²) in [7, 11) is 0. The van der Waals surface area contributed by atoms with Crippen LogP contribution in [0.25, 0.3) is 11.1 Å². The molecule has 5 rings (SSSR count). The van der Waals surface area contributed by atoms with Crippen molar-refractivity contribution in [1.29, 1.82) is 0 Å². The lowest BCUT2D eigenvalue weighted by atomic mass is 10.0. The lowest BCUT2D eigenvalue weighted by Crippen LogP contribution is -2.24. The van der Waals surface area contributed by atoms with Crippen LogP contribution in [-0.2, 0) is 13.1 Å². The Bertz CT molecular complexity index is 1690. The lowest BCUT2D eigenvalue weighted by molar-refractivity contribution is 0.102. The van der Waals surface area contributed by atoms with E-state index in [9.17, 15) is 13.6 Å². The molecule has 6 N–H and O–H groups in total. The molecule has 228 valence electrons. The van der Waals surface area contributed by atoms with E-state index in [1.165, 1.54) is 24.3 Å². The van der Waals surface area contributed by atoms with Crippen LogP contribution >= 0.6 is 0 Å². The number of halogens is 2. The number of nitrogens with two attached hydrogens (primary N) is 2. The molecule has 0 saturated heterocycles. The molecule has 0 heterocycles. The Morgan fingerprint density at radius 2 is 1.33 bits per heavy atom. The Balaban J connectivity index is 1.33. The van der Waals surface area contributed by atoms with Gasteiger partial charge in [-0.3, -0.25) is 9.79 Å². The number of guanidine groups is 1. The van der Waals surface area contributed by atoms with Crippen molar-refractivity contribution in [3.63, 3.8) is 0 Å². The van der Waals surface area contributed by atoms with E-state index >= 15 is 0 Å². The van der Waals surface area contributed by atoms with Gasteiger partial charge < -0.3 is 27.0 Å². The zero-order valence-corrected chi connectivity index (χ0v) is 24.6. The van der Waals surface area contributed by atoms with E-state index in [2.05, 4.69) is 20.5 Å². The van der Waals surface area contributed by atoms with Gasteiger partial charge in [-0.15, -0.1) is 0 Å². The Hall–Kier alpha value is -5.70. The summed E-state index contributed by atoms with van der Waals surface area (Å²) in [6, 6.07) is 35.5. The van der Waals surface area contributed by atoms with Gasteiger partial charge in [0.25, 0.3) is 5.91 Å². The van der Waals surface area contributed by atoms with Gasteiger partial charge in [-0.1, -0.05) is 54.6 Å². The second-order valence-electron chi connectivity index (χ2n) is 10.5. The zero-order valence-electron chi connectivity index (χ0n) is 24.6. The van der Waals surface area contributed by atoms with Gasteiger partial charge in [-0.25, -0.2) is 8.78 Å². The first kappa shape index (κ1) is 30.7. The van der Waals surface area contributed by atoms with Gasteiger partial charge in [-0.2, -0.15) is 0 Å². The summed E-state index contributed by atoms with van der Waals surface area (Å²) < 4.78 is 27.0. The predicted octanol–water partition coefficient (Wildman–Crippen LogP) is 6.78. The molecular weight excluding hydrogens is 570 g/mol. The highest BCUT2D eigenvalue weighted by Gasteiger charge is 2.14. The molecule has 0 spiro atoms. The molecule has 0 aliphatic heterocycles. The Kier molecular flexibility index (Phi) is 10.0. The maximum absolute atomic E-state index is 13.5. The van der Waals surface area contributed by atoms with Crippen LogP contribution in [0.4, 0.5) is 25.8 Å². The van der Waals surface area contributed by atoms with Gasteiger partial charge in [0, 0.05) is 47.8 Å². The van der Waals surface area contributed by atoms with Crippen molar-refractivity contribution in [1.82, 2.24) is 0 Å². The number of amides is 1. The van der Waals surface area contributed by atoms with Crippen LogP contribution in [0.1, 0.15) is 21.5 Å². The fraction of sp³-hybridized carbons (Fsp3) is 0.111. The van der Waals surface area contributed by atoms with Crippen molar-refractivity contribution in [3.8, 4) is 11.1 Å². The fourth-order valence-electron chi connectivity index (χ4n) is 4.89. The molecule has 0 aromatic heterocycles. The minimum atomic E-state index is -0.298. The second-order valence-corrected chi connectivity index (χ2v) is 10.5. The standard InChI is InChI=1S/C36H34F2N6O/c37-29-11-6-25(7-12-29)23-44(24-26-8-13-30(38)14-9-26)32-17-15-31(16-18-32)43-35(45)28-10-19-34(41-20-21-42-36(39)40)33(22-28)27-4-2-1-3-5-27/h1-19,22,41H,20-21,23-24H2,(H,43,45)(H4,39,40,42). The van der Waals surface area contributed by atoms with E-state index in [1.54, 1.807) is 30.3 Å². The van der Waals surface area contributed by atoms with Gasteiger partial charge in [0.2, 0.25) is 0 Å². The van der Waals surface area contributed by atoms with Gasteiger partial charge >= 0.3 is 0 Å². The van der Waals surface area contributed by atoms with Crippen LogP contribution < -0.4 is 27.0 Å². The summed E-state index contributed by atoms with van der Waals surface area (Å²) in [6.45, 7) is 1.96. The Labute approximate surface area is 261 Å². The number of carbonyl (C=O) groups excluding carboxylic acids is 1. The van der Waals surface area contributed by atoms with Crippen LogP contribution in [0.15, 0.2) is 126 Å². The molecular formula is C36H34F2N6O. The molecule has 5 aromatic carbocycles. The van der Waals surface area contributed by atoms with Crippen LogP contribution in [0, 0.1) is 11.6 Å². The SMILES string of the molecule is NC(N)=NCCNc1ccc(C(=O)Nc2ccc(N(Cc3ccc(F)cc3)Cc3ccc(F)cc3)cc2)cc1-c1ccccc1. The number of aliphatic imine (C=N–C) groups is 1. The van der Waals surface area contributed by atoms with E-state index < -0.39 is 0 Å². The normalized spacial score (nSPS) is 10.6. The van der Waals surface area contributed by atoms with Crippen LogP contribution in [0.2, 0.25) is 0 Å². The molecule has 0 atom stereocenters. The maximum Gasteiger partial charge on any atom is 0.255 e. The highest BCUT2D eigenvalue weighted by Crippen LogP contribution is 2.30. The van der Waals surface area contributed by atoms with E-state index in [0.29, 0.717) is 37.4 Å². The summed E-state index contributed by atoms with van der Waals surface area (Å²) in [4.78, 5) is 19.5. The van der Waals surface area contributed by atoms with Crippen LogP contribution in [-0.4, -0.2) is 25.0 Å². The number of hydrogen-bond acceptors (Lipinski definition) is 4. The average Bonchev–Trinajstić information content (AvgIpc) is 3.05. The summed E-state index contributed by atoms with van der Waals surface area (Å²) >= 11 is 0. The predicted molar refractivity (Wildman–Crippen MR) is 178 cm³/mol. The van der Waals surface area contributed by atoms with E-state index in [1.807, 2.05) is 66.7 Å². The highest BCUT2D eigenvalue weighted by atomic mass is 19.1. The summed E-state index contributed by atoms with van der Waals surface area (Å²) in [5, 5.41) is 6.34. The molecule has 0 bridgehead atoms. The molecule has 1 amide bonds. The van der Waals surface area contributed by atoms with Crippen molar-refractivity contribution in [2.24, 2.45) is 16.5 Å². The zero-order chi connectivity index (χ0) is 31.6. The third-order valence-electron chi connectivity index (χ3n) is 7.15. The van der Waals surface area contributed by atoms with Crippen molar-refractivity contribution in [3.05, 3.63) is 150 Å². The molecule has 0 radical (unpaired) electrons. The van der Waals surface area contributed by atoms with E-state index in [4.69, 9.17) is 11.5 Å². The Morgan fingerprint density at radius 3 is 1.91 bits per heavy atom. The molecule has 0 unspecified atom stereocenters. The number of carbonyl (C=O) groups is 1. The number of benzene rings is 5. The smallest absolute Gasteiger partial charge is 0.255 e. The van der Waals surface area contributed by atoms with Gasteiger partial charge in [0.15, 0.2) is 5.96 Å². The largest absolute Gasteiger partial charge is 0.383 e. The monoisotopic (exact) mass is 604 g/mol. The molecule has 0 fully saturated rings. The molecule has 0 aliphatic carbocycles. The summed E-state index contributed by atoms with van der Waals surface area (Å²) in [6.07, 6.45) is 0. The second kappa shape index (κ2) is 14.7. The van der Waals surface area contributed by atoms with E-state index in [0.717, 1.165) is 33.6 Å². The quantitative estimate of drug-likeness (QED) is 0.0714. The first-order valence-corrected chi connectivity index (χ1v) is 14.5. The number of hydrogen-bond donors (Lipinski definition) is 4. The minimum Gasteiger partial charge on any atom is -0.383 e. The molecule has 0 aliphatic rings. The number of anilines is 3. The van der Waals surface area contributed by atoms with Gasteiger partial charge in [0.05, 0.1) is 6.54 Å². The molecule has 5 aromatic rings. The van der Waals surface area contributed by atoms with Crippen molar-refractivity contribution in [2.75, 3.05) is 28.6 Å². The van der Waals surface area contributed by atoms with Gasteiger partial charge in [0.1, 0.15) is 11.6 Å². The molecule has 45 heavy (non-hydrogen) atoms. The summed E-state index contributed by atoms with van der Waals surface area (Å²) in [5.41, 5.74) is 17.4. The van der Waals surface area contributed by atoms with Crippen LogP contribution in [0.3, 0.4) is 0 Å². The number of nitrogens with one attached hydrogen (secondary N) is 2. The number of nitrogens with zero attached hydrogens (tertiary/aromatic N) is 2. The maximum atomic E-state index is 13.5. The van der Waals surface area contributed by atoms with Crippen molar-refractivity contribution < 1.29 is 13.6 Å².